The van der Waals surface area contributed by atoms with Gasteiger partial charge in [-0.2, -0.15) is 0 Å². The van der Waals surface area contributed by atoms with Gasteiger partial charge in [-0.1, -0.05) is 30.3 Å². The lowest BCUT2D eigenvalue weighted by Gasteiger charge is -2.14. The summed E-state index contributed by atoms with van der Waals surface area (Å²) in [4.78, 5) is 23.8. The highest BCUT2D eigenvalue weighted by Gasteiger charge is 2.31. The van der Waals surface area contributed by atoms with E-state index in [9.17, 15) is 22.8 Å². The normalized spacial score (nSPS) is 12.2. The molecule has 0 aliphatic carbocycles. The Morgan fingerprint density at radius 3 is 2.23 bits per heavy atom. The molecule has 0 aliphatic heterocycles. The molecular weight excluding hydrogens is 351 g/mol. The number of amides is 1. The van der Waals surface area contributed by atoms with Gasteiger partial charge in [-0.3, -0.25) is 9.59 Å². The summed E-state index contributed by atoms with van der Waals surface area (Å²) in [6.45, 7) is 1.40. The maximum absolute atomic E-state index is 12.1. The maximum atomic E-state index is 12.1. The lowest BCUT2D eigenvalue weighted by atomic mass is 10.1. The van der Waals surface area contributed by atoms with Crippen LogP contribution in [-0.2, 0) is 20.7 Å². The number of alkyl halides is 3. The van der Waals surface area contributed by atoms with Crippen molar-refractivity contribution in [1.82, 2.24) is 0 Å². The summed E-state index contributed by atoms with van der Waals surface area (Å²) in [7, 11) is 0. The number of hydrogen-bond donors (Lipinski definition) is 1. The molecule has 0 saturated carbocycles. The Balaban J connectivity index is 1.85. The molecule has 8 heteroatoms. The van der Waals surface area contributed by atoms with Crippen LogP contribution in [0.5, 0.6) is 5.75 Å². The van der Waals surface area contributed by atoms with Gasteiger partial charge in [0.25, 0.3) is 5.91 Å². The molecule has 5 nitrogen and oxygen atoms in total. The summed E-state index contributed by atoms with van der Waals surface area (Å²) in [5, 5.41) is 2.45. The summed E-state index contributed by atoms with van der Waals surface area (Å²) in [5.41, 5.74) is 1.00. The number of carbonyl (C=O) groups excluding carboxylic acids is 2. The van der Waals surface area contributed by atoms with Crippen molar-refractivity contribution in [2.45, 2.75) is 25.8 Å². The zero-order chi connectivity index (χ0) is 19.2. The Kier molecular flexibility index (Phi) is 6.21. The quantitative estimate of drug-likeness (QED) is 0.791. The van der Waals surface area contributed by atoms with Crippen molar-refractivity contribution in [3.8, 4) is 5.75 Å². The van der Waals surface area contributed by atoms with Gasteiger partial charge in [-0.05, 0) is 36.8 Å². The highest BCUT2D eigenvalue weighted by atomic mass is 19.4. The minimum atomic E-state index is -4.79. The third kappa shape index (κ3) is 6.46. The molecule has 2 rings (SSSR count). The Labute approximate surface area is 147 Å². The van der Waals surface area contributed by atoms with Crippen molar-refractivity contribution in [3.63, 3.8) is 0 Å². The molecule has 0 fully saturated rings. The highest BCUT2D eigenvalue weighted by Crippen LogP contribution is 2.24. The molecule has 0 radical (unpaired) electrons. The molecule has 1 amide bonds. The molecule has 0 saturated heterocycles. The van der Waals surface area contributed by atoms with Gasteiger partial charge >= 0.3 is 12.3 Å². The van der Waals surface area contributed by atoms with Crippen LogP contribution < -0.4 is 10.1 Å². The fraction of sp³-hybridized carbons (Fsp3) is 0.222. The average molecular weight is 367 g/mol. The van der Waals surface area contributed by atoms with E-state index in [2.05, 4.69) is 10.1 Å². The molecule has 26 heavy (non-hydrogen) atoms. The number of hydrogen-bond acceptors (Lipinski definition) is 4. The van der Waals surface area contributed by atoms with Crippen molar-refractivity contribution < 1.29 is 32.2 Å². The van der Waals surface area contributed by atoms with Gasteiger partial charge in [0.15, 0.2) is 6.10 Å². The molecule has 1 atom stereocenters. The van der Waals surface area contributed by atoms with E-state index in [0.717, 1.165) is 17.7 Å². The fourth-order valence-electron chi connectivity index (χ4n) is 2.04. The average Bonchev–Trinajstić information content (AvgIpc) is 2.56. The van der Waals surface area contributed by atoms with E-state index in [1.165, 1.54) is 19.1 Å². The number of nitrogens with one attached hydrogen (secondary N) is 1. The lowest BCUT2D eigenvalue weighted by molar-refractivity contribution is -0.274. The first-order valence-corrected chi connectivity index (χ1v) is 7.63. The number of ether oxygens (including phenoxy) is 2. The van der Waals surface area contributed by atoms with Gasteiger partial charge in [0.2, 0.25) is 0 Å². The second-order valence-electron chi connectivity index (χ2n) is 5.36. The van der Waals surface area contributed by atoms with E-state index in [4.69, 9.17) is 4.74 Å². The molecule has 2 aromatic rings. The fourth-order valence-corrected chi connectivity index (χ4v) is 2.04. The van der Waals surface area contributed by atoms with Crippen LogP contribution in [0.4, 0.5) is 18.9 Å². The standard InChI is InChI=1S/C18H16F3NO4/c1-12(25-16(23)11-13-5-3-2-4-6-13)17(24)22-14-7-9-15(10-8-14)26-18(19,20)21/h2-10,12H,11H2,1H3,(H,22,24). The predicted octanol–water partition coefficient (Wildman–Crippen LogP) is 3.70. The summed E-state index contributed by atoms with van der Waals surface area (Å²) in [6, 6.07) is 13.5. The number of rotatable bonds is 6. The molecule has 0 heterocycles. The number of anilines is 1. The molecular formula is C18H16F3NO4. The summed E-state index contributed by atoms with van der Waals surface area (Å²) in [6.07, 6.45) is -5.81. The molecule has 1 N–H and O–H groups in total. The van der Waals surface area contributed by atoms with Gasteiger partial charge in [0.05, 0.1) is 6.42 Å². The van der Waals surface area contributed by atoms with Crippen molar-refractivity contribution in [1.29, 1.82) is 0 Å². The maximum Gasteiger partial charge on any atom is 0.573 e. The first kappa shape index (κ1) is 19.3. The highest BCUT2D eigenvalue weighted by molar-refractivity contribution is 5.95. The summed E-state index contributed by atoms with van der Waals surface area (Å²) < 4.78 is 45.1. The minimum Gasteiger partial charge on any atom is -0.452 e. The van der Waals surface area contributed by atoms with Crippen molar-refractivity contribution in [3.05, 3.63) is 60.2 Å². The van der Waals surface area contributed by atoms with Crippen LogP contribution in [0.1, 0.15) is 12.5 Å². The van der Waals surface area contributed by atoms with E-state index in [1.807, 2.05) is 6.07 Å². The Bertz CT molecular complexity index is 745. The third-order valence-corrected chi connectivity index (χ3v) is 3.22. The topological polar surface area (TPSA) is 64.6 Å². The summed E-state index contributed by atoms with van der Waals surface area (Å²) >= 11 is 0. The van der Waals surface area contributed by atoms with Crippen molar-refractivity contribution in [2.75, 3.05) is 5.32 Å². The van der Waals surface area contributed by atoms with Gasteiger partial charge in [-0.25, -0.2) is 0 Å². The third-order valence-electron chi connectivity index (χ3n) is 3.22. The molecule has 0 bridgehead atoms. The predicted molar refractivity (Wildman–Crippen MR) is 87.5 cm³/mol. The number of esters is 1. The van der Waals surface area contributed by atoms with Gasteiger partial charge in [0, 0.05) is 5.69 Å². The smallest absolute Gasteiger partial charge is 0.452 e. The van der Waals surface area contributed by atoms with Crippen LogP contribution in [0.25, 0.3) is 0 Å². The second kappa shape index (κ2) is 8.37. The van der Waals surface area contributed by atoms with E-state index in [-0.39, 0.29) is 12.1 Å². The van der Waals surface area contributed by atoms with E-state index >= 15 is 0 Å². The number of carbonyl (C=O) groups is 2. The first-order valence-electron chi connectivity index (χ1n) is 7.63. The summed E-state index contributed by atoms with van der Waals surface area (Å²) in [5.74, 6) is -1.57. The van der Waals surface area contributed by atoms with Crippen molar-refractivity contribution >= 4 is 17.6 Å². The van der Waals surface area contributed by atoms with Gasteiger partial charge < -0.3 is 14.8 Å². The molecule has 2 aromatic carbocycles. The van der Waals surface area contributed by atoms with E-state index in [1.54, 1.807) is 24.3 Å². The first-order chi connectivity index (χ1) is 12.2. The van der Waals surface area contributed by atoms with E-state index < -0.39 is 30.1 Å². The number of halogens is 3. The zero-order valence-electron chi connectivity index (χ0n) is 13.7. The Hall–Kier alpha value is -3.03. The van der Waals surface area contributed by atoms with Gasteiger partial charge in [-0.15, -0.1) is 13.2 Å². The van der Waals surface area contributed by atoms with E-state index in [0.29, 0.717) is 0 Å². The Morgan fingerprint density at radius 2 is 1.65 bits per heavy atom. The van der Waals surface area contributed by atoms with Crippen molar-refractivity contribution in [2.24, 2.45) is 0 Å². The van der Waals surface area contributed by atoms with Crippen LogP contribution >= 0.6 is 0 Å². The van der Waals surface area contributed by atoms with Gasteiger partial charge in [0.1, 0.15) is 5.75 Å². The van der Waals surface area contributed by atoms with Crippen LogP contribution in [0.15, 0.2) is 54.6 Å². The molecule has 0 aliphatic rings. The Morgan fingerprint density at radius 1 is 1.04 bits per heavy atom. The molecule has 0 spiro atoms. The zero-order valence-corrected chi connectivity index (χ0v) is 13.7. The van der Waals surface area contributed by atoms with Crippen LogP contribution in [-0.4, -0.2) is 24.3 Å². The number of benzene rings is 2. The van der Waals surface area contributed by atoms with Crippen LogP contribution in [0.2, 0.25) is 0 Å². The van der Waals surface area contributed by atoms with Crippen LogP contribution in [0, 0.1) is 0 Å². The SMILES string of the molecule is CC(OC(=O)Cc1ccccc1)C(=O)Nc1ccc(OC(F)(F)F)cc1. The lowest BCUT2D eigenvalue weighted by Crippen LogP contribution is -2.30. The monoisotopic (exact) mass is 367 g/mol. The largest absolute Gasteiger partial charge is 0.573 e. The second-order valence-corrected chi connectivity index (χ2v) is 5.36. The van der Waals surface area contributed by atoms with Crippen LogP contribution in [0.3, 0.4) is 0 Å². The minimum absolute atomic E-state index is 0.0297. The molecule has 1 unspecified atom stereocenters. The molecule has 138 valence electrons. The molecule has 0 aromatic heterocycles.